The molecule has 1 heterocycles. The number of likely N-dealkylation sites (tertiary alicyclic amines) is 1. The zero-order valence-corrected chi connectivity index (χ0v) is 11.2. The first kappa shape index (κ1) is 13.3. The Morgan fingerprint density at radius 2 is 1.90 bits per heavy atom. The molecule has 20 heavy (non-hydrogen) atoms. The van der Waals surface area contributed by atoms with E-state index >= 15 is 0 Å². The molecule has 2 fully saturated rings. The van der Waals surface area contributed by atoms with Gasteiger partial charge in [0.1, 0.15) is 12.7 Å². The van der Waals surface area contributed by atoms with Gasteiger partial charge >= 0.3 is 5.97 Å². The van der Waals surface area contributed by atoms with Crippen molar-refractivity contribution in [3.05, 3.63) is 12.2 Å². The molecule has 0 aromatic rings. The standard InChI is InChI=1S/C14H17NO5/c1-7(16)14(19)20-5-4-15-12(17)10-8-2-3-9(6-8)11(10)13(15)18/h2-3,7-11,16H,4-6H2,1H3/t7?,8-,9+,10?,11?. The van der Waals surface area contributed by atoms with Crippen LogP contribution in [0.1, 0.15) is 13.3 Å². The second kappa shape index (κ2) is 4.70. The Labute approximate surface area is 116 Å². The Balaban J connectivity index is 1.61. The molecule has 6 nitrogen and oxygen atoms in total. The van der Waals surface area contributed by atoms with Crippen molar-refractivity contribution in [1.29, 1.82) is 0 Å². The molecule has 108 valence electrons. The number of imide groups is 1. The fourth-order valence-electron chi connectivity index (χ4n) is 3.54. The molecule has 6 heteroatoms. The predicted octanol–water partition coefficient (Wildman–Crippen LogP) is -0.283. The number of esters is 1. The van der Waals surface area contributed by atoms with E-state index in [0.29, 0.717) is 0 Å². The summed E-state index contributed by atoms with van der Waals surface area (Å²) in [6.07, 6.45) is 3.78. The van der Waals surface area contributed by atoms with Crippen molar-refractivity contribution in [2.24, 2.45) is 23.7 Å². The predicted molar refractivity (Wildman–Crippen MR) is 67.1 cm³/mol. The average Bonchev–Trinajstić information content (AvgIpc) is 3.07. The van der Waals surface area contributed by atoms with Crippen molar-refractivity contribution in [3.8, 4) is 0 Å². The van der Waals surface area contributed by atoms with Crippen molar-refractivity contribution in [1.82, 2.24) is 4.90 Å². The van der Waals surface area contributed by atoms with Crippen molar-refractivity contribution in [2.45, 2.75) is 19.4 Å². The minimum Gasteiger partial charge on any atom is -0.462 e. The molecule has 2 aliphatic carbocycles. The van der Waals surface area contributed by atoms with Crippen LogP contribution in [0.15, 0.2) is 12.2 Å². The molecule has 0 radical (unpaired) electrons. The van der Waals surface area contributed by atoms with Crippen LogP contribution in [0.3, 0.4) is 0 Å². The summed E-state index contributed by atoms with van der Waals surface area (Å²) in [5.41, 5.74) is 0. The van der Waals surface area contributed by atoms with Crippen LogP contribution in [-0.2, 0) is 19.1 Å². The normalized spacial score (nSPS) is 35.6. The van der Waals surface area contributed by atoms with E-state index in [1.54, 1.807) is 0 Å². The summed E-state index contributed by atoms with van der Waals surface area (Å²) in [6, 6.07) is 0. The molecule has 1 saturated carbocycles. The SMILES string of the molecule is CC(O)C(=O)OCCN1C(=O)C2C(C1=O)[C@H]1C=C[C@@H]2C1. The van der Waals surface area contributed by atoms with E-state index in [4.69, 9.17) is 9.84 Å². The molecular weight excluding hydrogens is 262 g/mol. The summed E-state index contributed by atoms with van der Waals surface area (Å²) in [4.78, 5) is 36.9. The van der Waals surface area contributed by atoms with Gasteiger partial charge in [0, 0.05) is 0 Å². The summed E-state index contributed by atoms with van der Waals surface area (Å²) < 4.78 is 4.80. The van der Waals surface area contributed by atoms with E-state index in [0.717, 1.165) is 6.42 Å². The lowest BCUT2D eigenvalue weighted by Gasteiger charge is -2.17. The van der Waals surface area contributed by atoms with Crippen molar-refractivity contribution < 1.29 is 24.2 Å². The monoisotopic (exact) mass is 279 g/mol. The number of allylic oxidation sites excluding steroid dienone is 2. The lowest BCUT2D eigenvalue weighted by atomic mass is 9.85. The molecular formula is C14H17NO5. The number of carbonyl (C=O) groups is 3. The third-order valence-electron chi connectivity index (χ3n) is 4.46. The largest absolute Gasteiger partial charge is 0.462 e. The number of rotatable bonds is 4. The molecule has 2 amide bonds. The number of carbonyl (C=O) groups excluding carboxylic acids is 3. The lowest BCUT2D eigenvalue weighted by Crippen LogP contribution is -2.36. The maximum Gasteiger partial charge on any atom is 0.334 e. The highest BCUT2D eigenvalue weighted by Gasteiger charge is 2.59. The summed E-state index contributed by atoms with van der Waals surface area (Å²) >= 11 is 0. The van der Waals surface area contributed by atoms with E-state index in [9.17, 15) is 14.4 Å². The van der Waals surface area contributed by atoms with Gasteiger partial charge in [0.2, 0.25) is 11.8 Å². The van der Waals surface area contributed by atoms with Gasteiger partial charge in [-0.05, 0) is 25.2 Å². The van der Waals surface area contributed by atoms with Crippen LogP contribution in [0, 0.1) is 23.7 Å². The molecule has 0 spiro atoms. The third kappa shape index (κ3) is 1.86. The van der Waals surface area contributed by atoms with Crippen molar-refractivity contribution in [2.75, 3.05) is 13.2 Å². The highest BCUT2D eigenvalue weighted by atomic mass is 16.5. The maximum atomic E-state index is 12.3. The molecule has 3 unspecified atom stereocenters. The van der Waals surface area contributed by atoms with Gasteiger partial charge in [0.15, 0.2) is 0 Å². The fraction of sp³-hybridized carbons (Fsp3) is 0.643. The number of aliphatic hydroxyl groups is 1. The van der Waals surface area contributed by atoms with Gasteiger partial charge in [-0.3, -0.25) is 14.5 Å². The molecule has 0 aromatic heterocycles. The number of amides is 2. The molecule has 3 aliphatic rings. The number of nitrogens with zero attached hydrogens (tertiary/aromatic N) is 1. The molecule has 1 N–H and O–H groups in total. The summed E-state index contributed by atoms with van der Waals surface area (Å²) in [5, 5.41) is 9.00. The van der Waals surface area contributed by atoms with Gasteiger partial charge < -0.3 is 9.84 Å². The van der Waals surface area contributed by atoms with Gasteiger partial charge in [-0.15, -0.1) is 0 Å². The lowest BCUT2D eigenvalue weighted by molar-refractivity contribution is -0.155. The Morgan fingerprint density at radius 3 is 2.40 bits per heavy atom. The van der Waals surface area contributed by atoms with Gasteiger partial charge in [-0.2, -0.15) is 0 Å². The Morgan fingerprint density at radius 1 is 1.35 bits per heavy atom. The second-order valence-electron chi connectivity index (χ2n) is 5.67. The average molecular weight is 279 g/mol. The van der Waals surface area contributed by atoms with Crippen LogP contribution in [-0.4, -0.2) is 47.0 Å². The van der Waals surface area contributed by atoms with Gasteiger partial charge in [-0.25, -0.2) is 4.79 Å². The van der Waals surface area contributed by atoms with Crippen LogP contribution in [0.2, 0.25) is 0 Å². The van der Waals surface area contributed by atoms with Gasteiger partial charge in [0.05, 0.1) is 18.4 Å². The first-order valence-corrected chi connectivity index (χ1v) is 6.89. The first-order chi connectivity index (χ1) is 9.50. The molecule has 5 atom stereocenters. The fourth-order valence-corrected chi connectivity index (χ4v) is 3.54. The zero-order valence-electron chi connectivity index (χ0n) is 11.2. The smallest absolute Gasteiger partial charge is 0.334 e. The van der Waals surface area contributed by atoms with E-state index in [1.807, 2.05) is 12.2 Å². The Bertz CT molecular complexity index is 468. The summed E-state index contributed by atoms with van der Waals surface area (Å²) in [7, 11) is 0. The van der Waals surface area contributed by atoms with Crippen LogP contribution < -0.4 is 0 Å². The topological polar surface area (TPSA) is 83.9 Å². The number of aliphatic hydroxyl groups excluding tert-OH is 1. The maximum absolute atomic E-state index is 12.3. The van der Waals surface area contributed by atoms with Gasteiger partial charge in [-0.1, -0.05) is 12.2 Å². The molecule has 3 rings (SSSR count). The molecule has 0 aromatic carbocycles. The van der Waals surface area contributed by atoms with Crippen LogP contribution in [0.25, 0.3) is 0 Å². The molecule has 1 saturated heterocycles. The van der Waals surface area contributed by atoms with E-state index in [2.05, 4.69) is 0 Å². The van der Waals surface area contributed by atoms with Crippen molar-refractivity contribution >= 4 is 17.8 Å². The molecule has 1 aliphatic heterocycles. The highest BCUT2D eigenvalue weighted by molar-refractivity contribution is 6.06. The minimum absolute atomic E-state index is 0.0661. The highest BCUT2D eigenvalue weighted by Crippen LogP contribution is 2.52. The summed E-state index contributed by atoms with van der Waals surface area (Å²) in [6.45, 7) is 1.31. The van der Waals surface area contributed by atoms with Crippen molar-refractivity contribution in [3.63, 3.8) is 0 Å². The number of hydrogen-bond acceptors (Lipinski definition) is 5. The quantitative estimate of drug-likeness (QED) is 0.434. The van der Waals surface area contributed by atoms with E-state index in [1.165, 1.54) is 11.8 Å². The zero-order chi connectivity index (χ0) is 14.4. The van der Waals surface area contributed by atoms with Crippen LogP contribution in [0.5, 0.6) is 0 Å². The van der Waals surface area contributed by atoms with Crippen LogP contribution >= 0.6 is 0 Å². The second-order valence-corrected chi connectivity index (χ2v) is 5.67. The van der Waals surface area contributed by atoms with Gasteiger partial charge in [0.25, 0.3) is 0 Å². The Kier molecular flexibility index (Phi) is 3.12. The first-order valence-electron chi connectivity index (χ1n) is 6.89. The van der Waals surface area contributed by atoms with Crippen LogP contribution in [0.4, 0.5) is 0 Å². The summed E-state index contributed by atoms with van der Waals surface area (Å²) in [5.74, 6) is -1.10. The minimum atomic E-state index is -1.19. The Hall–Kier alpha value is -1.69. The molecule has 2 bridgehead atoms. The van der Waals surface area contributed by atoms with E-state index in [-0.39, 0.29) is 48.6 Å². The third-order valence-corrected chi connectivity index (χ3v) is 4.46. The number of ether oxygens (including phenoxy) is 1. The number of hydrogen-bond donors (Lipinski definition) is 1. The van der Waals surface area contributed by atoms with E-state index < -0.39 is 12.1 Å². The number of fused-ring (bicyclic) bond motifs is 5.